The molecule has 2 atom stereocenters. The van der Waals surface area contributed by atoms with Gasteiger partial charge in [0.1, 0.15) is 18.5 Å². The Bertz CT molecular complexity index is 562. The average molecular weight is 294 g/mol. The van der Waals surface area contributed by atoms with Gasteiger partial charge < -0.3 is 15.3 Å². The quantitative estimate of drug-likeness (QED) is 0.888. The van der Waals surface area contributed by atoms with Crippen molar-refractivity contribution in [1.82, 2.24) is 4.90 Å². The maximum absolute atomic E-state index is 13.3. The Kier molecular flexibility index (Phi) is 4.57. The summed E-state index contributed by atoms with van der Waals surface area (Å²) in [6, 6.07) is 3.40. The van der Waals surface area contributed by atoms with Gasteiger partial charge in [-0.1, -0.05) is 26.3 Å². The fourth-order valence-electron chi connectivity index (χ4n) is 2.56. The summed E-state index contributed by atoms with van der Waals surface area (Å²) in [4.78, 5) is 25.8. The van der Waals surface area contributed by atoms with Gasteiger partial charge in [-0.15, -0.1) is 0 Å². The minimum absolute atomic E-state index is 0.0698. The molecule has 2 rings (SSSR count). The van der Waals surface area contributed by atoms with Crippen LogP contribution >= 0.6 is 0 Å². The lowest BCUT2D eigenvalue weighted by Crippen LogP contribution is -2.49. The molecule has 0 bridgehead atoms. The molecule has 21 heavy (non-hydrogen) atoms. The van der Waals surface area contributed by atoms with E-state index in [2.05, 4.69) is 5.32 Å². The molecule has 1 aromatic carbocycles. The first-order valence-electron chi connectivity index (χ1n) is 6.97. The van der Waals surface area contributed by atoms with E-state index in [-0.39, 0.29) is 18.4 Å². The van der Waals surface area contributed by atoms with E-state index >= 15 is 0 Å². The van der Waals surface area contributed by atoms with Gasteiger partial charge in [0.25, 0.3) is 0 Å². The van der Waals surface area contributed by atoms with Crippen LogP contribution < -0.4 is 5.32 Å². The maximum Gasteiger partial charge on any atom is 0.249 e. The second-order valence-electron chi connectivity index (χ2n) is 5.30. The summed E-state index contributed by atoms with van der Waals surface area (Å²) in [6.07, 6.45) is 0.706. The van der Waals surface area contributed by atoms with Gasteiger partial charge in [0.05, 0.1) is 0 Å². The summed E-state index contributed by atoms with van der Waals surface area (Å²) in [7, 11) is 0. The number of benzene rings is 1. The van der Waals surface area contributed by atoms with E-state index < -0.39 is 24.4 Å². The number of nitrogens with one attached hydrogen (secondary N) is 1. The van der Waals surface area contributed by atoms with Crippen molar-refractivity contribution in [2.45, 2.75) is 32.9 Å². The predicted molar refractivity (Wildman–Crippen MR) is 75.9 cm³/mol. The van der Waals surface area contributed by atoms with Crippen LogP contribution in [0.3, 0.4) is 0 Å². The first-order valence-corrected chi connectivity index (χ1v) is 6.97. The molecular weight excluding hydrogens is 275 g/mol. The van der Waals surface area contributed by atoms with Gasteiger partial charge >= 0.3 is 0 Å². The van der Waals surface area contributed by atoms with Crippen molar-refractivity contribution >= 4 is 17.5 Å². The summed E-state index contributed by atoms with van der Waals surface area (Å²) in [5.74, 6) is -1.38. The number of aliphatic hydroxyl groups excluding tert-OH is 1. The summed E-state index contributed by atoms with van der Waals surface area (Å²) in [5, 5.41) is 11.8. The highest BCUT2D eigenvalue weighted by molar-refractivity contribution is 5.99. The number of rotatable bonds is 3. The van der Waals surface area contributed by atoms with Crippen molar-refractivity contribution < 1.29 is 19.1 Å². The van der Waals surface area contributed by atoms with Crippen LogP contribution in [0, 0.1) is 11.7 Å². The first-order chi connectivity index (χ1) is 9.97. The molecule has 5 nitrogen and oxygen atoms in total. The highest BCUT2D eigenvalue weighted by Crippen LogP contribution is 2.27. The number of carbonyl (C=O) groups is 2. The zero-order chi connectivity index (χ0) is 15.6. The number of carbonyl (C=O) groups excluding carboxylic acids is 2. The Morgan fingerprint density at radius 3 is 2.90 bits per heavy atom. The first kappa shape index (κ1) is 15.4. The minimum Gasteiger partial charge on any atom is -0.387 e. The van der Waals surface area contributed by atoms with E-state index in [1.165, 1.54) is 17.0 Å². The second-order valence-corrected chi connectivity index (χ2v) is 5.30. The molecule has 0 radical (unpaired) electrons. The van der Waals surface area contributed by atoms with Crippen molar-refractivity contribution in [2.75, 3.05) is 11.9 Å². The number of aliphatic hydroxyl groups is 1. The number of halogens is 1. The van der Waals surface area contributed by atoms with E-state index in [1.807, 2.05) is 13.8 Å². The molecule has 0 spiro atoms. The molecule has 114 valence electrons. The minimum atomic E-state index is -0.676. The van der Waals surface area contributed by atoms with Gasteiger partial charge in [-0.2, -0.15) is 0 Å². The molecule has 0 saturated carbocycles. The van der Waals surface area contributed by atoms with Crippen LogP contribution in [0.4, 0.5) is 10.1 Å². The Balaban J connectivity index is 2.45. The van der Waals surface area contributed by atoms with Crippen molar-refractivity contribution in [1.29, 1.82) is 0 Å². The molecule has 1 aliphatic rings. The van der Waals surface area contributed by atoms with E-state index in [4.69, 9.17) is 5.11 Å². The molecule has 0 aliphatic carbocycles. The molecule has 2 N–H and O–H groups in total. The molecule has 1 heterocycles. The van der Waals surface area contributed by atoms with Crippen LogP contribution in [-0.2, 0) is 16.1 Å². The van der Waals surface area contributed by atoms with Crippen molar-refractivity contribution in [2.24, 2.45) is 5.92 Å². The fraction of sp³-hybridized carbons (Fsp3) is 0.467. The highest BCUT2D eigenvalue weighted by atomic mass is 19.1. The van der Waals surface area contributed by atoms with Crippen LogP contribution in [0.1, 0.15) is 25.8 Å². The maximum atomic E-state index is 13.3. The van der Waals surface area contributed by atoms with Gasteiger partial charge in [0.15, 0.2) is 0 Å². The SMILES string of the molecule is CC[C@H](C)[C@H]1C(=O)Nc2cc(F)ccc2CN1C(=O)CO. The number of amides is 2. The lowest BCUT2D eigenvalue weighted by Gasteiger charge is -2.31. The number of fused-ring (bicyclic) bond motifs is 1. The predicted octanol–water partition coefficient (Wildman–Crippen LogP) is 1.51. The van der Waals surface area contributed by atoms with Gasteiger partial charge in [-0.05, 0) is 23.6 Å². The van der Waals surface area contributed by atoms with E-state index in [1.54, 1.807) is 6.07 Å². The third kappa shape index (κ3) is 3.05. The highest BCUT2D eigenvalue weighted by Gasteiger charge is 2.36. The molecule has 2 amide bonds. The smallest absolute Gasteiger partial charge is 0.249 e. The third-order valence-electron chi connectivity index (χ3n) is 3.91. The number of nitrogens with zero attached hydrogens (tertiary/aromatic N) is 1. The van der Waals surface area contributed by atoms with Gasteiger partial charge in [-0.25, -0.2) is 4.39 Å². The molecular formula is C15H19FN2O3. The summed E-state index contributed by atoms with van der Waals surface area (Å²) in [6.45, 7) is 3.31. The lowest BCUT2D eigenvalue weighted by molar-refractivity contribution is -0.143. The molecule has 0 aromatic heterocycles. The molecule has 0 unspecified atom stereocenters. The average Bonchev–Trinajstić information content (AvgIpc) is 2.61. The van der Waals surface area contributed by atoms with E-state index in [0.717, 1.165) is 0 Å². The Hall–Kier alpha value is -1.95. The largest absolute Gasteiger partial charge is 0.387 e. The van der Waals surface area contributed by atoms with Crippen molar-refractivity contribution in [3.05, 3.63) is 29.6 Å². The van der Waals surface area contributed by atoms with E-state index in [9.17, 15) is 14.0 Å². The molecule has 1 aliphatic heterocycles. The molecule has 6 heteroatoms. The number of hydrogen-bond acceptors (Lipinski definition) is 3. The van der Waals surface area contributed by atoms with Crippen LogP contribution in [0.25, 0.3) is 0 Å². The normalized spacial score (nSPS) is 19.5. The van der Waals surface area contributed by atoms with Gasteiger partial charge in [-0.3, -0.25) is 9.59 Å². The second kappa shape index (κ2) is 6.22. The summed E-state index contributed by atoms with van der Waals surface area (Å²) < 4.78 is 13.3. The zero-order valence-electron chi connectivity index (χ0n) is 12.1. The standard InChI is InChI=1S/C15H19FN2O3/c1-3-9(2)14-15(21)17-12-6-11(16)5-4-10(12)7-18(14)13(20)8-19/h4-6,9,14,19H,3,7-8H2,1-2H3,(H,17,21)/t9-,14-/m0/s1. The molecule has 0 fully saturated rings. The van der Waals surface area contributed by atoms with Crippen molar-refractivity contribution in [3.63, 3.8) is 0 Å². The lowest BCUT2D eigenvalue weighted by atomic mass is 9.96. The number of hydrogen-bond donors (Lipinski definition) is 2. The molecule has 0 saturated heterocycles. The molecule has 1 aromatic rings. The van der Waals surface area contributed by atoms with Crippen LogP contribution in [0.2, 0.25) is 0 Å². The van der Waals surface area contributed by atoms with Crippen molar-refractivity contribution in [3.8, 4) is 0 Å². The summed E-state index contributed by atoms with van der Waals surface area (Å²) in [5.41, 5.74) is 1.03. The topological polar surface area (TPSA) is 69.6 Å². The van der Waals surface area contributed by atoms with Gasteiger partial charge in [0.2, 0.25) is 11.8 Å². The Morgan fingerprint density at radius 2 is 2.29 bits per heavy atom. The Labute approximate surface area is 122 Å². The third-order valence-corrected chi connectivity index (χ3v) is 3.91. The fourth-order valence-corrected chi connectivity index (χ4v) is 2.56. The van der Waals surface area contributed by atoms with Gasteiger partial charge in [0, 0.05) is 12.2 Å². The zero-order valence-corrected chi connectivity index (χ0v) is 12.1. The van der Waals surface area contributed by atoms with Crippen LogP contribution in [0.5, 0.6) is 0 Å². The van der Waals surface area contributed by atoms with Crippen LogP contribution in [-0.4, -0.2) is 34.5 Å². The summed E-state index contributed by atoms with van der Waals surface area (Å²) >= 11 is 0. The monoisotopic (exact) mass is 294 g/mol. The van der Waals surface area contributed by atoms with E-state index in [0.29, 0.717) is 17.7 Å². The van der Waals surface area contributed by atoms with Crippen LogP contribution in [0.15, 0.2) is 18.2 Å². The number of anilines is 1. The Morgan fingerprint density at radius 1 is 1.57 bits per heavy atom.